The molecule has 18 heavy (non-hydrogen) atoms. The van der Waals surface area contributed by atoms with Crippen LogP contribution in [0.3, 0.4) is 0 Å². The molecule has 2 saturated heterocycles. The Morgan fingerprint density at radius 3 is 2.83 bits per heavy atom. The normalized spacial score (nSPS) is 51.4. The van der Waals surface area contributed by atoms with Crippen LogP contribution in [0.2, 0.25) is 0 Å². The third kappa shape index (κ3) is 1.56. The maximum absolute atomic E-state index is 12.4. The van der Waals surface area contributed by atoms with Gasteiger partial charge in [-0.3, -0.25) is 10.1 Å². The van der Waals surface area contributed by atoms with Crippen molar-refractivity contribution in [1.29, 1.82) is 0 Å². The summed E-state index contributed by atoms with van der Waals surface area (Å²) < 4.78 is 0. The summed E-state index contributed by atoms with van der Waals surface area (Å²) >= 11 is 0. The maximum Gasteiger partial charge on any atom is 0.156 e. The minimum Gasteiger partial charge on any atom is -0.297 e. The van der Waals surface area contributed by atoms with Crippen molar-refractivity contribution in [3.8, 4) is 0 Å². The van der Waals surface area contributed by atoms with Crippen LogP contribution in [-0.4, -0.2) is 30.2 Å². The molecule has 2 saturated carbocycles. The Morgan fingerprint density at radius 1 is 1.06 bits per heavy atom. The predicted molar refractivity (Wildman–Crippen MR) is 62.4 cm³/mol. The molecule has 6 atom stereocenters. The van der Waals surface area contributed by atoms with Gasteiger partial charge in [0.15, 0.2) is 5.78 Å². The monoisotopic (exact) mass is 253 g/mol. The van der Waals surface area contributed by atoms with Gasteiger partial charge in [0.25, 0.3) is 0 Å². The molecule has 4 fully saturated rings. The molecule has 4 aliphatic rings. The zero-order valence-corrected chi connectivity index (χ0v) is 10.1. The molecule has 0 aromatic heterocycles. The smallest absolute Gasteiger partial charge is 0.156 e. The highest BCUT2D eigenvalue weighted by atomic mass is 16.8. The van der Waals surface area contributed by atoms with Gasteiger partial charge in [-0.25, -0.2) is 15.8 Å². The van der Waals surface area contributed by atoms with E-state index < -0.39 is 0 Å². The van der Waals surface area contributed by atoms with Crippen molar-refractivity contribution < 1.29 is 9.73 Å². The summed E-state index contributed by atoms with van der Waals surface area (Å²) in [5.74, 6) is 1.07. The van der Waals surface area contributed by atoms with E-state index in [2.05, 4.69) is 27.1 Å². The molecule has 0 bridgehead atoms. The molecule has 0 radical (unpaired) electrons. The molecule has 7 heteroatoms. The molecule has 0 spiro atoms. The van der Waals surface area contributed by atoms with Gasteiger partial charge in [0, 0.05) is 12.0 Å². The molecule has 0 aromatic carbocycles. The first-order valence-electron chi connectivity index (χ1n) is 6.82. The number of fused-ring (bicyclic) bond motifs is 4. The van der Waals surface area contributed by atoms with Crippen LogP contribution >= 0.6 is 0 Å². The molecule has 7 nitrogen and oxygen atoms in total. The lowest BCUT2D eigenvalue weighted by molar-refractivity contribution is -0.123. The van der Waals surface area contributed by atoms with Gasteiger partial charge in [0.2, 0.25) is 0 Å². The van der Waals surface area contributed by atoms with Gasteiger partial charge in [0.05, 0.1) is 6.04 Å². The summed E-state index contributed by atoms with van der Waals surface area (Å²) in [6, 6.07) is 0.0774. The van der Waals surface area contributed by atoms with Gasteiger partial charge in [-0.2, -0.15) is 11.0 Å². The van der Waals surface area contributed by atoms with Crippen molar-refractivity contribution in [2.45, 2.75) is 50.1 Å². The maximum atomic E-state index is 12.4. The molecule has 2 aliphatic heterocycles. The Balaban J connectivity index is 1.60. The van der Waals surface area contributed by atoms with E-state index in [0.29, 0.717) is 11.7 Å². The van der Waals surface area contributed by atoms with Crippen molar-refractivity contribution in [2.24, 2.45) is 11.8 Å². The highest BCUT2D eigenvalue weighted by molar-refractivity contribution is 5.90. The standard InChI is InChI=1S/C11H19N5O2/c17-9-6-4-2-1-3-5(6)7-8(9)13-14-11-10(12-7)15-18-16-11/h5-8,10-16H,1-4H2. The van der Waals surface area contributed by atoms with Crippen LogP contribution in [0.5, 0.6) is 0 Å². The topological polar surface area (TPSA) is 86.5 Å². The third-order valence-corrected chi connectivity index (χ3v) is 4.78. The number of carbonyl (C=O) groups is 1. The van der Waals surface area contributed by atoms with Crippen LogP contribution in [-0.2, 0) is 9.73 Å². The van der Waals surface area contributed by atoms with E-state index in [4.69, 9.17) is 4.94 Å². The van der Waals surface area contributed by atoms with Gasteiger partial charge in [0.1, 0.15) is 12.3 Å². The van der Waals surface area contributed by atoms with Crippen LogP contribution in [0.25, 0.3) is 0 Å². The third-order valence-electron chi connectivity index (χ3n) is 4.78. The molecule has 0 aromatic rings. The quantitative estimate of drug-likeness (QED) is 0.359. The van der Waals surface area contributed by atoms with Gasteiger partial charge in [-0.15, -0.1) is 0 Å². The number of hydroxylamine groups is 2. The number of carbonyl (C=O) groups excluding carboxylic acids is 1. The largest absolute Gasteiger partial charge is 0.297 e. The molecular formula is C11H19N5O2. The van der Waals surface area contributed by atoms with Crippen molar-refractivity contribution in [3.63, 3.8) is 0 Å². The minimum absolute atomic E-state index is 0.0130. The lowest BCUT2D eigenvalue weighted by Crippen LogP contribution is -2.55. The number of hydrogen-bond donors (Lipinski definition) is 5. The molecule has 2 heterocycles. The van der Waals surface area contributed by atoms with Crippen LogP contribution in [0, 0.1) is 11.8 Å². The average molecular weight is 253 g/mol. The summed E-state index contributed by atoms with van der Waals surface area (Å²) in [6.45, 7) is 0. The first-order valence-corrected chi connectivity index (χ1v) is 6.82. The first kappa shape index (κ1) is 11.3. The van der Waals surface area contributed by atoms with Crippen LogP contribution in [0.15, 0.2) is 0 Å². The number of hydrazine groups is 1. The lowest BCUT2D eigenvalue weighted by atomic mass is 9.80. The SMILES string of the molecule is O=C1C2CCCCC2C2NC3NONC3NNC12. The first-order chi connectivity index (χ1) is 8.84. The van der Waals surface area contributed by atoms with E-state index in [-0.39, 0.29) is 30.3 Å². The fraction of sp³-hybridized carbons (Fsp3) is 0.909. The predicted octanol–water partition coefficient (Wildman–Crippen LogP) is -1.50. The van der Waals surface area contributed by atoms with Crippen molar-refractivity contribution >= 4 is 5.78 Å². The molecule has 5 N–H and O–H groups in total. The Labute approximate surface area is 105 Å². The van der Waals surface area contributed by atoms with Gasteiger partial charge in [-0.1, -0.05) is 12.8 Å². The molecule has 2 aliphatic carbocycles. The van der Waals surface area contributed by atoms with E-state index in [1.54, 1.807) is 0 Å². The summed E-state index contributed by atoms with van der Waals surface area (Å²) in [6.07, 6.45) is 4.55. The second-order valence-electron chi connectivity index (χ2n) is 5.71. The van der Waals surface area contributed by atoms with Crippen molar-refractivity contribution in [1.82, 2.24) is 27.1 Å². The van der Waals surface area contributed by atoms with Crippen molar-refractivity contribution in [2.75, 3.05) is 0 Å². The van der Waals surface area contributed by atoms with E-state index >= 15 is 0 Å². The number of ketones is 1. The Morgan fingerprint density at radius 2 is 1.89 bits per heavy atom. The fourth-order valence-corrected chi connectivity index (χ4v) is 3.91. The summed E-state index contributed by atoms with van der Waals surface area (Å²) in [5, 5.41) is 3.53. The molecule has 6 unspecified atom stereocenters. The molecule has 100 valence electrons. The Kier molecular flexibility index (Phi) is 2.65. The minimum atomic E-state index is -0.118. The van der Waals surface area contributed by atoms with E-state index in [0.717, 1.165) is 12.8 Å². The fourth-order valence-electron chi connectivity index (χ4n) is 3.91. The van der Waals surface area contributed by atoms with E-state index in [1.807, 2.05) is 0 Å². The number of Topliss-reactive ketones (excluding diaryl/α,β-unsaturated/α-hetero) is 1. The second kappa shape index (κ2) is 4.22. The molecule has 4 rings (SSSR count). The average Bonchev–Trinajstić information content (AvgIpc) is 2.89. The number of hydrogen-bond acceptors (Lipinski definition) is 7. The van der Waals surface area contributed by atoms with Crippen LogP contribution in [0.1, 0.15) is 25.7 Å². The summed E-state index contributed by atoms with van der Waals surface area (Å²) in [7, 11) is 0. The zero-order chi connectivity index (χ0) is 12.1. The number of rotatable bonds is 0. The van der Waals surface area contributed by atoms with E-state index in [9.17, 15) is 4.79 Å². The molecular weight excluding hydrogens is 234 g/mol. The van der Waals surface area contributed by atoms with Gasteiger partial charge < -0.3 is 0 Å². The second-order valence-corrected chi connectivity index (χ2v) is 5.71. The Hall–Kier alpha value is -0.570. The zero-order valence-electron chi connectivity index (χ0n) is 10.1. The summed E-state index contributed by atoms with van der Waals surface area (Å²) in [5.41, 5.74) is 12.0. The summed E-state index contributed by atoms with van der Waals surface area (Å²) in [4.78, 5) is 17.4. The van der Waals surface area contributed by atoms with Crippen LogP contribution < -0.4 is 27.1 Å². The lowest BCUT2D eigenvalue weighted by Gasteiger charge is -2.30. The van der Waals surface area contributed by atoms with Crippen molar-refractivity contribution in [3.05, 3.63) is 0 Å². The Bertz CT molecular complexity index is 365. The molecule has 0 amide bonds. The van der Waals surface area contributed by atoms with E-state index in [1.165, 1.54) is 12.8 Å². The van der Waals surface area contributed by atoms with Gasteiger partial charge >= 0.3 is 0 Å². The highest BCUT2D eigenvalue weighted by Gasteiger charge is 2.53. The highest BCUT2D eigenvalue weighted by Crippen LogP contribution is 2.40. The van der Waals surface area contributed by atoms with Crippen LogP contribution in [0.4, 0.5) is 0 Å². The number of nitrogens with one attached hydrogen (secondary N) is 5. The van der Waals surface area contributed by atoms with Gasteiger partial charge in [-0.05, 0) is 18.8 Å².